The molecule has 1 saturated heterocycles. The Bertz CT molecular complexity index is 271. The molecule has 1 N–H and O–H groups in total. The molecule has 0 aromatic carbocycles. The second-order valence-corrected chi connectivity index (χ2v) is 5.17. The van der Waals surface area contributed by atoms with Crippen LogP contribution in [0.15, 0.2) is 16.8 Å². The van der Waals surface area contributed by atoms with Gasteiger partial charge in [0.2, 0.25) is 0 Å². The molecule has 1 aromatic heterocycles. The van der Waals surface area contributed by atoms with E-state index in [1.54, 1.807) is 11.3 Å². The summed E-state index contributed by atoms with van der Waals surface area (Å²) in [5, 5.41) is 7.71. The van der Waals surface area contributed by atoms with E-state index in [2.05, 4.69) is 27.0 Å². The summed E-state index contributed by atoms with van der Waals surface area (Å²) in [5.74, 6) is 0.873. The van der Waals surface area contributed by atoms with E-state index in [0.717, 1.165) is 5.92 Å². The largest absolute Gasteiger partial charge is 0.319 e. The molecular weight excluding hydrogens is 204 g/mol. The summed E-state index contributed by atoms with van der Waals surface area (Å²) in [6.07, 6.45) is 2.58. The van der Waals surface area contributed by atoms with E-state index in [4.69, 9.17) is 0 Å². The molecule has 1 atom stereocenters. The maximum absolute atomic E-state index is 3.27. The minimum Gasteiger partial charge on any atom is -0.319 e. The van der Waals surface area contributed by atoms with Gasteiger partial charge in [-0.1, -0.05) is 0 Å². The van der Waals surface area contributed by atoms with Gasteiger partial charge in [-0.2, -0.15) is 11.3 Å². The molecule has 0 aliphatic carbocycles. The van der Waals surface area contributed by atoms with Gasteiger partial charge in [0.25, 0.3) is 0 Å². The minimum absolute atomic E-state index is 0.873. The van der Waals surface area contributed by atoms with Gasteiger partial charge >= 0.3 is 0 Å². The van der Waals surface area contributed by atoms with Crippen LogP contribution in [0.25, 0.3) is 0 Å². The highest BCUT2D eigenvalue weighted by molar-refractivity contribution is 7.07. The van der Waals surface area contributed by atoms with Crippen LogP contribution >= 0.6 is 11.3 Å². The van der Waals surface area contributed by atoms with Gasteiger partial charge in [-0.25, -0.2) is 0 Å². The molecule has 0 spiro atoms. The SMILES string of the molecule is CNCC1CCN(CCc2ccsc2)C1. The lowest BCUT2D eigenvalue weighted by molar-refractivity contribution is 0.327. The smallest absolute Gasteiger partial charge is 0.00224 e. The maximum atomic E-state index is 3.27. The molecule has 1 fully saturated rings. The third-order valence-corrected chi connectivity index (χ3v) is 3.89. The maximum Gasteiger partial charge on any atom is 0.00224 e. The molecule has 1 aromatic rings. The van der Waals surface area contributed by atoms with Crippen LogP contribution in [0.4, 0.5) is 0 Å². The lowest BCUT2D eigenvalue weighted by atomic mass is 10.1. The van der Waals surface area contributed by atoms with E-state index < -0.39 is 0 Å². The zero-order valence-electron chi connectivity index (χ0n) is 9.41. The Morgan fingerprint density at radius 2 is 2.53 bits per heavy atom. The van der Waals surface area contributed by atoms with E-state index in [1.807, 2.05) is 7.05 Å². The van der Waals surface area contributed by atoms with Crippen molar-refractivity contribution in [2.45, 2.75) is 12.8 Å². The quantitative estimate of drug-likeness (QED) is 0.821. The van der Waals surface area contributed by atoms with E-state index in [0.29, 0.717) is 0 Å². The molecule has 15 heavy (non-hydrogen) atoms. The summed E-state index contributed by atoms with van der Waals surface area (Å²) in [5.41, 5.74) is 1.50. The third-order valence-electron chi connectivity index (χ3n) is 3.16. The number of likely N-dealkylation sites (tertiary alicyclic amines) is 1. The van der Waals surface area contributed by atoms with Gasteiger partial charge in [0, 0.05) is 13.1 Å². The van der Waals surface area contributed by atoms with Crippen molar-refractivity contribution in [1.82, 2.24) is 10.2 Å². The van der Waals surface area contributed by atoms with Gasteiger partial charge in [-0.05, 0) is 61.3 Å². The number of nitrogens with one attached hydrogen (secondary N) is 1. The Morgan fingerprint density at radius 1 is 1.60 bits per heavy atom. The van der Waals surface area contributed by atoms with E-state index >= 15 is 0 Å². The fourth-order valence-corrected chi connectivity index (χ4v) is 3.00. The summed E-state index contributed by atoms with van der Waals surface area (Å²) in [4.78, 5) is 2.60. The topological polar surface area (TPSA) is 15.3 Å². The summed E-state index contributed by atoms with van der Waals surface area (Å²) < 4.78 is 0. The van der Waals surface area contributed by atoms with Crippen LogP contribution in [0.3, 0.4) is 0 Å². The van der Waals surface area contributed by atoms with Crippen LogP contribution in [0.2, 0.25) is 0 Å². The average Bonchev–Trinajstić information content (AvgIpc) is 2.85. The molecule has 2 rings (SSSR count). The molecule has 0 amide bonds. The first-order valence-electron chi connectivity index (χ1n) is 5.76. The van der Waals surface area contributed by atoms with E-state index in [9.17, 15) is 0 Å². The molecule has 2 heterocycles. The predicted octanol–water partition coefficient (Wildman–Crippen LogP) is 1.83. The summed E-state index contributed by atoms with van der Waals surface area (Å²) >= 11 is 1.80. The highest BCUT2D eigenvalue weighted by Crippen LogP contribution is 2.16. The average molecular weight is 224 g/mol. The molecule has 1 aliphatic rings. The predicted molar refractivity (Wildman–Crippen MR) is 66.5 cm³/mol. The van der Waals surface area contributed by atoms with Crippen molar-refractivity contribution in [3.8, 4) is 0 Å². The third kappa shape index (κ3) is 3.30. The zero-order valence-corrected chi connectivity index (χ0v) is 10.2. The number of hydrogen-bond acceptors (Lipinski definition) is 3. The van der Waals surface area contributed by atoms with Crippen LogP contribution in [-0.2, 0) is 6.42 Å². The molecule has 2 nitrogen and oxygen atoms in total. The number of nitrogens with zero attached hydrogens (tertiary/aromatic N) is 1. The Hall–Kier alpha value is -0.380. The first kappa shape index (κ1) is 11.1. The summed E-state index contributed by atoms with van der Waals surface area (Å²) in [7, 11) is 2.05. The highest BCUT2D eigenvalue weighted by Gasteiger charge is 2.20. The van der Waals surface area contributed by atoms with E-state index in [-0.39, 0.29) is 0 Å². The fourth-order valence-electron chi connectivity index (χ4n) is 2.29. The van der Waals surface area contributed by atoms with Crippen molar-refractivity contribution in [3.05, 3.63) is 22.4 Å². The molecule has 0 bridgehead atoms. The van der Waals surface area contributed by atoms with Crippen LogP contribution in [0, 0.1) is 5.92 Å². The van der Waals surface area contributed by atoms with Crippen molar-refractivity contribution in [2.24, 2.45) is 5.92 Å². The van der Waals surface area contributed by atoms with Gasteiger partial charge in [0.15, 0.2) is 0 Å². The molecular formula is C12H20N2S. The standard InChI is InChI=1S/C12H20N2S/c1-13-8-12-3-6-14(9-12)5-2-11-4-7-15-10-11/h4,7,10,12-13H,2-3,5-6,8-9H2,1H3. The molecule has 84 valence electrons. The minimum atomic E-state index is 0.873. The highest BCUT2D eigenvalue weighted by atomic mass is 32.1. The Kier molecular flexibility index (Phi) is 4.18. The van der Waals surface area contributed by atoms with Crippen LogP contribution < -0.4 is 5.32 Å². The van der Waals surface area contributed by atoms with Gasteiger partial charge in [-0.3, -0.25) is 0 Å². The van der Waals surface area contributed by atoms with Crippen molar-refractivity contribution in [1.29, 1.82) is 0 Å². The van der Waals surface area contributed by atoms with Crippen LogP contribution in [-0.4, -0.2) is 38.1 Å². The number of hydrogen-bond donors (Lipinski definition) is 1. The second-order valence-electron chi connectivity index (χ2n) is 4.39. The zero-order chi connectivity index (χ0) is 10.5. The lowest BCUT2D eigenvalue weighted by Gasteiger charge is -2.15. The van der Waals surface area contributed by atoms with Crippen molar-refractivity contribution in [3.63, 3.8) is 0 Å². The normalized spacial score (nSPS) is 22.3. The van der Waals surface area contributed by atoms with Crippen molar-refractivity contribution in [2.75, 3.05) is 33.2 Å². The molecule has 0 saturated carbocycles. The van der Waals surface area contributed by atoms with Crippen LogP contribution in [0.1, 0.15) is 12.0 Å². The van der Waals surface area contributed by atoms with Gasteiger partial charge in [0.1, 0.15) is 0 Å². The summed E-state index contributed by atoms with van der Waals surface area (Å²) in [6, 6.07) is 2.24. The molecule has 1 aliphatic heterocycles. The first-order chi connectivity index (χ1) is 7.38. The lowest BCUT2D eigenvalue weighted by Crippen LogP contribution is -2.26. The van der Waals surface area contributed by atoms with E-state index in [1.165, 1.54) is 44.6 Å². The van der Waals surface area contributed by atoms with Gasteiger partial charge < -0.3 is 10.2 Å². The number of thiophene rings is 1. The molecule has 0 radical (unpaired) electrons. The van der Waals surface area contributed by atoms with Crippen molar-refractivity contribution < 1.29 is 0 Å². The van der Waals surface area contributed by atoms with Crippen LogP contribution in [0.5, 0.6) is 0 Å². The van der Waals surface area contributed by atoms with Crippen molar-refractivity contribution >= 4 is 11.3 Å². The molecule has 3 heteroatoms. The summed E-state index contributed by atoms with van der Waals surface area (Å²) in [6.45, 7) is 4.98. The van der Waals surface area contributed by atoms with Gasteiger partial charge in [0.05, 0.1) is 0 Å². The number of rotatable bonds is 5. The fraction of sp³-hybridized carbons (Fsp3) is 0.667. The van der Waals surface area contributed by atoms with Gasteiger partial charge in [-0.15, -0.1) is 0 Å². The Balaban J connectivity index is 1.69. The molecule has 1 unspecified atom stereocenters. The Morgan fingerprint density at radius 3 is 3.27 bits per heavy atom. The Labute approximate surface area is 96.3 Å². The first-order valence-corrected chi connectivity index (χ1v) is 6.71. The monoisotopic (exact) mass is 224 g/mol. The second kappa shape index (κ2) is 5.64.